The predicted molar refractivity (Wildman–Crippen MR) is 104 cm³/mol. The SMILES string of the molecule is CCOC(=O)[C@H]1C(=O)C2=C(C[C@@H]1c1cccs1)NC(=O)C[C@H]2c1cccs1. The number of hydrogen-bond acceptors (Lipinski definition) is 6. The number of ether oxygens (including phenoxy) is 1. The van der Waals surface area contributed by atoms with E-state index in [0.717, 1.165) is 9.75 Å². The molecule has 1 aliphatic heterocycles. The Bertz CT molecular complexity index is 899. The number of thiophene rings is 2. The quantitative estimate of drug-likeness (QED) is 0.628. The molecule has 1 amide bonds. The van der Waals surface area contributed by atoms with E-state index >= 15 is 0 Å². The summed E-state index contributed by atoms with van der Waals surface area (Å²) in [6.45, 7) is 1.97. The molecule has 3 atom stereocenters. The molecule has 140 valence electrons. The first kappa shape index (κ1) is 18.1. The van der Waals surface area contributed by atoms with Gasteiger partial charge in [-0.05, 0) is 36.2 Å². The van der Waals surface area contributed by atoms with Gasteiger partial charge in [-0.1, -0.05) is 12.1 Å². The van der Waals surface area contributed by atoms with Crippen molar-refractivity contribution < 1.29 is 19.1 Å². The molecule has 0 fully saturated rings. The minimum Gasteiger partial charge on any atom is -0.465 e. The number of carbonyl (C=O) groups is 3. The zero-order chi connectivity index (χ0) is 19.0. The largest absolute Gasteiger partial charge is 0.465 e. The molecule has 0 aromatic carbocycles. The molecule has 2 aliphatic rings. The van der Waals surface area contributed by atoms with Crippen LogP contribution >= 0.6 is 22.7 Å². The summed E-state index contributed by atoms with van der Waals surface area (Å²) in [5.41, 5.74) is 1.23. The number of carbonyl (C=O) groups excluding carboxylic acids is 3. The van der Waals surface area contributed by atoms with Crippen LogP contribution in [-0.4, -0.2) is 24.3 Å². The van der Waals surface area contributed by atoms with E-state index in [1.54, 1.807) is 6.92 Å². The molecule has 0 saturated carbocycles. The number of nitrogens with one attached hydrogen (secondary N) is 1. The van der Waals surface area contributed by atoms with E-state index in [-0.39, 0.29) is 36.6 Å². The second kappa shape index (κ2) is 7.40. The van der Waals surface area contributed by atoms with Gasteiger partial charge in [0.15, 0.2) is 5.78 Å². The number of Topliss-reactive ketones (excluding diaryl/α,β-unsaturated/α-hetero) is 1. The summed E-state index contributed by atoms with van der Waals surface area (Å²) in [7, 11) is 0. The highest BCUT2D eigenvalue weighted by Crippen LogP contribution is 2.47. The van der Waals surface area contributed by atoms with Gasteiger partial charge >= 0.3 is 5.97 Å². The van der Waals surface area contributed by atoms with Crippen LogP contribution in [0.15, 0.2) is 46.3 Å². The Labute approximate surface area is 165 Å². The lowest BCUT2D eigenvalue weighted by molar-refractivity contribution is -0.152. The van der Waals surface area contributed by atoms with Gasteiger partial charge in [-0.2, -0.15) is 0 Å². The smallest absolute Gasteiger partial charge is 0.317 e. The Morgan fingerprint density at radius 2 is 1.85 bits per heavy atom. The van der Waals surface area contributed by atoms with Crippen LogP contribution in [0.4, 0.5) is 0 Å². The number of ketones is 1. The molecule has 0 radical (unpaired) electrons. The van der Waals surface area contributed by atoms with Crippen molar-refractivity contribution >= 4 is 40.3 Å². The predicted octanol–water partition coefficient (Wildman–Crippen LogP) is 3.60. The van der Waals surface area contributed by atoms with Gasteiger partial charge in [0, 0.05) is 39.3 Å². The number of rotatable bonds is 4. The van der Waals surface area contributed by atoms with Crippen molar-refractivity contribution in [3.8, 4) is 0 Å². The van der Waals surface area contributed by atoms with Crippen LogP contribution < -0.4 is 5.32 Å². The van der Waals surface area contributed by atoms with Gasteiger partial charge in [0.25, 0.3) is 0 Å². The second-order valence-corrected chi connectivity index (χ2v) is 8.59. The van der Waals surface area contributed by atoms with Crippen molar-refractivity contribution in [2.75, 3.05) is 6.61 Å². The summed E-state index contributed by atoms with van der Waals surface area (Å²) in [5, 5.41) is 6.77. The molecule has 1 N–H and O–H groups in total. The molecule has 0 bridgehead atoms. The molecule has 0 saturated heterocycles. The lowest BCUT2D eigenvalue weighted by Crippen LogP contribution is -2.44. The van der Waals surface area contributed by atoms with Gasteiger partial charge in [-0.15, -0.1) is 22.7 Å². The third-order valence-electron chi connectivity index (χ3n) is 5.06. The molecule has 2 aromatic rings. The number of esters is 1. The van der Waals surface area contributed by atoms with Crippen LogP contribution in [0.3, 0.4) is 0 Å². The molecular formula is C20H19NO4S2. The van der Waals surface area contributed by atoms with Gasteiger partial charge in [0.05, 0.1) is 6.61 Å². The van der Waals surface area contributed by atoms with Crippen LogP contribution in [0.25, 0.3) is 0 Å². The minimum absolute atomic E-state index is 0.0838. The Morgan fingerprint density at radius 3 is 2.48 bits per heavy atom. The molecule has 1 aliphatic carbocycles. The van der Waals surface area contributed by atoms with E-state index in [0.29, 0.717) is 17.7 Å². The van der Waals surface area contributed by atoms with Crippen LogP contribution in [0.2, 0.25) is 0 Å². The third-order valence-corrected chi connectivity index (χ3v) is 7.05. The maximum absolute atomic E-state index is 13.5. The number of hydrogen-bond donors (Lipinski definition) is 1. The molecule has 0 unspecified atom stereocenters. The van der Waals surface area contributed by atoms with E-state index < -0.39 is 11.9 Å². The maximum Gasteiger partial charge on any atom is 0.317 e. The summed E-state index contributed by atoms with van der Waals surface area (Å²) in [4.78, 5) is 40.4. The molecule has 27 heavy (non-hydrogen) atoms. The van der Waals surface area contributed by atoms with Gasteiger partial charge in [0.1, 0.15) is 5.92 Å². The molecule has 4 rings (SSSR count). The molecule has 2 aromatic heterocycles. The molecule has 7 heteroatoms. The first-order chi connectivity index (χ1) is 13.1. The zero-order valence-electron chi connectivity index (χ0n) is 14.8. The molecule has 5 nitrogen and oxygen atoms in total. The highest BCUT2D eigenvalue weighted by molar-refractivity contribution is 7.10. The zero-order valence-corrected chi connectivity index (χ0v) is 16.4. The van der Waals surface area contributed by atoms with Crippen LogP contribution in [0.5, 0.6) is 0 Å². The Hall–Kier alpha value is -2.25. The van der Waals surface area contributed by atoms with Crippen molar-refractivity contribution in [2.24, 2.45) is 5.92 Å². The van der Waals surface area contributed by atoms with E-state index in [4.69, 9.17) is 4.74 Å². The third kappa shape index (κ3) is 3.26. The van der Waals surface area contributed by atoms with Crippen LogP contribution in [0.1, 0.15) is 41.4 Å². The fraction of sp³-hybridized carbons (Fsp3) is 0.350. The van der Waals surface area contributed by atoms with Crippen LogP contribution in [-0.2, 0) is 19.1 Å². The van der Waals surface area contributed by atoms with Crippen molar-refractivity contribution in [3.05, 3.63) is 56.1 Å². The number of amides is 1. The Balaban J connectivity index is 1.80. The average Bonchev–Trinajstić information content (AvgIpc) is 3.34. The molecule has 3 heterocycles. The average molecular weight is 402 g/mol. The summed E-state index contributed by atoms with van der Waals surface area (Å²) in [6, 6.07) is 7.69. The Morgan fingerprint density at radius 1 is 1.15 bits per heavy atom. The first-order valence-corrected chi connectivity index (χ1v) is 10.7. The normalized spacial score (nSPS) is 25.1. The fourth-order valence-corrected chi connectivity index (χ4v) is 5.66. The van der Waals surface area contributed by atoms with E-state index in [2.05, 4.69) is 5.32 Å². The van der Waals surface area contributed by atoms with Crippen molar-refractivity contribution in [1.29, 1.82) is 0 Å². The van der Waals surface area contributed by atoms with Crippen molar-refractivity contribution in [2.45, 2.75) is 31.6 Å². The minimum atomic E-state index is -0.861. The van der Waals surface area contributed by atoms with E-state index in [1.165, 1.54) is 22.7 Å². The number of allylic oxidation sites excluding steroid dienone is 2. The van der Waals surface area contributed by atoms with Crippen molar-refractivity contribution in [1.82, 2.24) is 5.32 Å². The molecular weight excluding hydrogens is 382 g/mol. The first-order valence-electron chi connectivity index (χ1n) is 8.90. The summed E-state index contributed by atoms with van der Waals surface area (Å²) >= 11 is 3.04. The van der Waals surface area contributed by atoms with Crippen molar-refractivity contribution in [3.63, 3.8) is 0 Å². The highest BCUT2D eigenvalue weighted by Gasteiger charge is 2.48. The lowest BCUT2D eigenvalue weighted by Gasteiger charge is -2.37. The van der Waals surface area contributed by atoms with Crippen LogP contribution in [0, 0.1) is 5.92 Å². The summed E-state index contributed by atoms with van der Waals surface area (Å²) in [6.07, 6.45) is 0.684. The van der Waals surface area contributed by atoms with Gasteiger partial charge in [-0.3, -0.25) is 14.4 Å². The maximum atomic E-state index is 13.5. The van der Waals surface area contributed by atoms with E-state index in [9.17, 15) is 14.4 Å². The lowest BCUT2D eigenvalue weighted by atomic mass is 9.70. The monoisotopic (exact) mass is 401 g/mol. The topological polar surface area (TPSA) is 72.5 Å². The highest BCUT2D eigenvalue weighted by atomic mass is 32.1. The second-order valence-electron chi connectivity index (χ2n) is 6.63. The summed E-state index contributed by atoms with van der Waals surface area (Å²) in [5.74, 6) is -2.24. The molecule has 0 spiro atoms. The summed E-state index contributed by atoms with van der Waals surface area (Å²) < 4.78 is 5.24. The van der Waals surface area contributed by atoms with Gasteiger partial charge < -0.3 is 10.1 Å². The van der Waals surface area contributed by atoms with Gasteiger partial charge in [-0.25, -0.2) is 0 Å². The Kier molecular flexibility index (Phi) is 4.97. The van der Waals surface area contributed by atoms with Gasteiger partial charge in [0.2, 0.25) is 5.91 Å². The van der Waals surface area contributed by atoms with E-state index in [1.807, 2.05) is 35.0 Å². The standard InChI is InChI=1S/C20H19NO4S2/c1-2-25-20(24)18-11(14-5-3-7-26-14)9-13-17(19(18)23)12(10-16(22)21-13)15-6-4-8-27-15/h3-8,11-12,18H,2,9-10H2,1H3,(H,21,22)/t11-,12+,18-/m1/s1. The fourth-order valence-electron chi connectivity index (χ4n) is 3.96.